The van der Waals surface area contributed by atoms with Gasteiger partial charge in [-0.05, 0) is 21.5 Å². The van der Waals surface area contributed by atoms with Crippen LogP contribution in [0, 0.1) is 0 Å². The molecule has 0 heterocycles. The van der Waals surface area contributed by atoms with Gasteiger partial charge in [-0.3, -0.25) is 0 Å². The summed E-state index contributed by atoms with van der Waals surface area (Å²) >= 11 is 0. The van der Waals surface area contributed by atoms with Crippen molar-refractivity contribution in [3.63, 3.8) is 0 Å². The molecular weight excluding hydrogens is 671 g/mol. The van der Waals surface area contributed by atoms with E-state index in [0.29, 0.717) is 0 Å². The third-order valence-electron chi connectivity index (χ3n) is 9.01. The topological polar surface area (TPSA) is 0 Å². The first-order valence-electron chi connectivity index (χ1n) is 14.5. The number of benzene rings is 6. The van der Waals surface area contributed by atoms with E-state index < -0.39 is 8.07 Å². The number of hydrogen-bond acceptors (Lipinski definition) is 0. The fourth-order valence-corrected chi connectivity index (χ4v) is 11.1. The molecule has 0 nitrogen and oxygen atoms in total. The largest absolute Gasteiger partial charge is 4.00 e. The number of rotatable bonds is 4. The van der Waals surface area contributed by atoms with Crippen molar-refractivity contribution in [1.29, 1.82) is 0 Å². The van der Waals surface area contributed by atoms with Crippen molar-refractivity contribution in [2.45, 2.75) is 13.1 Å². The van der Waals surface area contributed by atoms with Crippen LogP contribution in [-0.4, -0.2) is 8.07 Å². The van der Waals surface area contributed by atoms with Gasteiger partial charge in [-0.2, -0.15) is 0 Å². The van der Waals surface area contributed by atoms with Crippen molar-refractivity contribution in [3.8, 4) is 22.3 Å². The summed E-state index contributed by atoms with van der Waals surface area (Å²) in [7, 11) is -2.31. The second-order valence-corrected chi connectivity index (χ2v) is 16.0. The normalized spacial score (nSPS) is 11.3. The van der Waals surface area contributed by atoms with Crippen molar-refractivity contribution >= 4 is 61.5 Å². The van der Waals surface area contributed by atoms with Gasteiger partial charge in [0, 0.05) is 8.07 Å². The first-order valence-corrected chi connectivity index (χ1v) is 17.5. The fourth-order valence-electron chi connectivity index (χ4n) is 7.26. The quantitative estimate of drug-likeness (QED) is 0.193. The predicted octanol–water partition coefficient (Wildman–Crippen LogP) is 3.90. The summed E-state index contributed by atoms with van der Waals surface area (Å²) in [4.78, 5) is 0. The van der Waals surface area contributed by atoms with Crippen LogP contribution >= 0.6 is 0 Å². The van der Waals surface area contributed by atoms with Gasteiger partial charge >= 0.3 is 26.2 Å². The molecule has 0 spiro atoms. The molecule has 0 aromatic heterocycles. The van der Waals surface area contributed by atoms with Crippen LogP contribution in [0.1, 0.15) is 0 Å². The Balaban J connectivity index is 0.00000128. The molecule has 0 atom stereocenters. The molecule has 0 bridgehead atoms. The summed E-state index contributed by atoms with van der Waals surface area (Å²) in [6, 6.07) is 54.1. The van der Waals surface area contributed by atoms with E-state index in [2.05, 4.69) is 159 Å². The van der Waals surface area contributed by atoms with Crippen molar-refractivity contribution in [2.75, 3.05) is 0 Å². The summed E-state index contributed by atoms with van der Waals surface area (Å²) in [6.07, 6.45) is 0. The molecule has 0 fully saturated rings. The number of fused-ring (bicyclic) bond motifs is 4. The summed E-state index contributed by atoms with van der Waals surface area (Å²) in [5.41, 5.74) is 5.43. The van der Waals surface area contributed by atoms with E-state index >= 15 is 0 Å². The van der Waals surface area contributed by atoms with Gasteiger partial charge in [-0.1, -0.05) is 146 Å². The third-order valence-corrected chi connectivity index (χ3v) is 12.6. The second kappa shape index (κ2) is 12.6. The first-order chi connectivity index (χ1) is 20.1. The standard InChI is InChI=1S/C40H30Si.2ClH.Zr/c1-41(2,39-33-21-9-5-15-29(33)25-37(39)35-23-11-17-27-13-3-7-19-31(27)35)40-34-22-10-6-16-30(34)26-38(40)36-24-12-18-28-14-4-8-20-32(28)36;;;/h3-26H,1-2H3;2*1H;/q-2;;;+4/p-2. The summed E-state index contributed by atoms with van der Waals surface area (Å²) < 4.78 is 0. The SMILES string of the molecule is C[Si](C)(c1c(-c2cccc3ccccc23)[cH-]c2ccccc12)c1c(-c2cccc3ccccc23)[cH-]c2ccccc12.[Cl-].[Cl-].[Zr+4]. The molecule has 0 aliphatic carbocycles. The van der Waals surface area contributed by atoms with Crippen LogP contribution in [0.4, 0.5) is 0 Å². The summed E-state index contributed by atoms with van der Waals surface area (Å²) in [5, 5.41) is 13.7. The van der Waals surface area contributed by atoms with E-state index in [1.807, 2.05) is 0 Å². The molecule has 8 aromatic carbocycles. The zero-order valence-corrected chi connectivity index (χ0v) is 29.6. The van der Waals surface area contributed by atoms with Crippen LogP contribution in [0.25, 0.3) is 65.3 Å². The Morgan fingerprint density at radius 2 is 0.750 bits per heavy atom. The maximum Gasteiger partial charge on any atom is 4.00 e. The molecule has 8 rings (SSSR count). The third kappa shape index (κ3) is 5.03. The van der Waals surface area contributed by atoms with E-state index in [0.717, 1.165) is 0 Å². The molecule has 44 heavy (non-hydrogen) atoms. The second-order valence-electron chi connectivity index (χ2n) is 11.7. The zero-order valence-electron chi connectivity index (χ0n) is 24.6. The van der Waals surface area contributed by atoms with Crippen molar-refractivity contribution in [1.82, 2.24) is 0 Å². The minimum atomic E-state index is -2.31. The maximum atomic E-state index is 2.57. The molecule has 0 aliphatic heterocycles. The minimum absolute atomic E-state index is 0. The van der Waals surface area contributed by atoms with Crippen molar-refractivity contribution in [2.24, 2.45) is 0 Å². The Labute approximate surface area is 291 Å². The van der Waals surface area contributed by atoms with Crippen LogP contribution in [-0.2, 0) is 26.2 Å². The van der Waals surface area contributed by atoms with Crippen LogP contribution in [0.5, 0.6) is 0 Å². The first kappa shape index (κ1) is 32.1. The van der Waals surface area contributed by atoms with Crippen LogP contribution in [0.2, 0.25) is 13.1 Å². The average Bonchev–Trinajstić information content (AvgIpc) is 3.60. The molecule has 0 radical (unpaired) electrons. The summed E-state index contributed by atoms with van der Waals surface area (Å²) in [6.45, 7) is 5.14. The zero-order chi connectivity index (χ0) is 27.6. The van der Waals surface area contributed by atoms with Gasteiger partial charge in [0.05, 0.1) is 0 Å². The molecule has 8 aromatic rings. The molecule has 0 unspecified atom stereocenters. The number of hydrogen-bond donors (Lipinski definition) is 0. The molecule has 0 saturated carbocycles. The molecule has 0 N–H and O–H groups in total. The summed E-state index contributed by atoms with van der Waals surface area (Å²) in [5.74, 6) is 0. The van der Waals surface area contributed by atoms with E-state index in [4.69, 9.17) is 0 Å². The fraction of sp³-hybridized carbons (Fsp3) is 0.0500. The van der Waals surface area contributed by atoms with Crippen LogP contribution in [0.3, 0.4) is 0 Å². The van der Waals surface area contributed by atoms with Crippen LogP contribution in [0.15, 0.2) is 146 Å². The molecule has 4 heteroatoms. The molecule has 0 aliphatic rings. The van der Waals surface area contributed by atoms with E-state index in [1.165, 1.54) is 75.7 Å². The van der Waals surface area contributed by atoms with Gasteiger partial charge in [0.1, 0.15) is 0 Å². The van der Waals surface area contributed by atoms with Crippen molar-refractivity contribution < 1.29 is 51.0 Å². The van der Waals surface area contributed by atoms with Gasteiger partial charge in [-0.25, -0.2) is 0 Å². The van der Waals surface area contributed by atoms with Crippen molar-refractivity contribution in [3.05, 3.63) is 146 Å². The molecule has 212 valence electrons. The Morgan fingerprint density at radius 1 is 0.409 bits per heavy atom. The monoisotopic (exact) mass is 698 g/mol. The van der Waals surface area contributed by atoms with Gasteiger partial charge in [-0.15, -0.1) is 67.3 Å². The van der Waals surface area contributed by atoms with Gasteiger partial charge < -0.3 is 24.8 Å². The molecule has 0 amide bonds. The molecule has 0 saturated heterocycles. The Morgan fingerprint density at radius 3 is 1.18 bits per heavy atom. The minimum Gasteiger partial charge on any atom is -1.00 e. The Kier molecular flexibility index (Phi) is 9.22. The Bertz CT molecular complexity index is 2090. The van der Waals surface area contributed by atoms with E-state index in [1.54, 1.807) is 0 Å². The predicted molar refractivity (Wildman–Crippen MR) is 182 cm³/mol. The smallest absolute Gasteiger partial charge is 1.00 e. The van der Waals surface area contributed by atoms with Gasteiger partial charge in [0.25, 0.3) is 0 Å². The van der Waals surface area contributed by atoms with Gasteiger partial charge in [0.2, 0.25) is 0 Å². The van der Waals surface area contributed by atoms with Gasteiger partial charge in [0.15, 0.2) is 0 Å². The van der Waals surface area contributed by atoms with E-state index in [9.17, 15) is 0 Å². The Hall–Kier alpha value is -3.26. The molecular formula is C40H30Cl2SiZr. The van der Waals surface area contributed by atoms with E-state index in [-0.39, 0.29) is 51.0 Å². The maximum absolute atomic E-state index is 2.57. The van der Waals surface area contributed by atoms with Crippen LogP contribution < -0.4 is 35.2 Å². The average molecular weight is 701 g/mol. The number of halogens is 2.